The zero-order valence-corrected chi connectivity index (χ0v) is 16.7. The Morgan fingerprint density at radius 2 is 1.93 bits per heavy atom. The third-order valence-electron chi connectivity index (χ3n) is 4.29. The number of benzene rings is 1. The number of ether oxygens (including phenoxy) is 1. The number of hydrogen-bond acceptors (Lipinski definition) is 9. The van der Waals surface area contributed by atoms with E-state index >= 15 is 0 Å². The molecule has 1 aromatic carbocycles. The number of hydrazine groups is 1. The number of carbonyl (C=O) groups is 2. The number of non-ortho nitro benzene ring substituents is 1. The van der Waals surface area contributed by atoms with E-state index in [4.69, 9.17) is 4.74 Å². The normalized spacial score (nSPS) is 13.7. The van der Waals surface area contributed by atoms with Gasteiger partial charge in [-0.25, -0.2) is 4.98 Å². The first-order chi connectivity index (χ1) is 13.9. The van der Waals surface area contributed by atoms with Crippen LogP contribution in [0.3, 0.4) is 0 Å². The molecule has 1 fully saturated rings. The standard InChI is InChI=1S/C17H20N6O5S/c1-10-14(29-17(19-10)22-5-7-28-8-6-22)16(25)21-20-15(24)12-9-11(23(26)27)3-4-13(12)18-2/h3-4,9,18H,5-8H2,1-2H3,(H,20,24)(H,21,25). The van der Waals surface area contributed by atoms with Gasteiger partial charge in [-0.05, 0) is 13.0 Å². The molecule has 1 aliphatic heterocycles. The number of rotatable bonds is 5. The van der Waals surface area contributed by atoms with Crippen molar-refractivity contribution in [2.24, 2.45) is 0 Å². The molecule has 0 radical (unpaired) electrons. The molecule has 0 spiro atoms. The number of anilines is 2. The van der Waals surface area contributed by atoms with Crippen molar-refractivity contribution >= 4 is 39.7 Å². The van der Waals surface area contributed by atoms with Gasteiger partial charge in [-0.15, -0.1) is 0 Å². The monoisotopic (exact) mass is 420 g/mol. The molecule has 2 heterocycles. The van der Waals surface area contributed by atoms with Crippen LogP contribution in [0.25, 0.3) is 0 Å². The number of hydrogen-bond donors (Lipinski definition) is 3. The van der Waals surface area contributed by atoms with Gasteiger partial charge in [0, 0.05) is 38.0 Å². The number of aryl methyl sites for hydroxylation is 1. The first-order valence-electron chi connectivity index (χ1n) is 8.77. The molecule has 0 aliphatic carbocycles. The molecule has 1 saturated heterocycles. The highest BCUT2D eigenvalue weighted by atomic mass is 32.1. The molecule has 12 heteroatoms. The molecule has 3 rings (SSSR count). The van der Waals surface area contributed by atoms with E-state index in [1.54, 1.807) is 14.0 Å². The molecule has 2 aromatic rings. The molecule has 1 aliphatic rings. The molecule has 0 saturated carbocycles. The lowest BCUT2D eigenvalue weighted by Gasteiger charge is -2.25. The molecule has 154 valence electrons. The van der Waals surface area contributed by atoms with Crippen molar-refractivity contribution in [3.05, 3.63) is 44.4 Å². The fraction of sp³-hybridized carbons (Fsp3) is 0.353. The van der Waals surface area contributed by atoms with E-state index in [-0.39, 0.29) is 11.3 Å². The zero-order chi connectivity index (χ0) is 21.0. The summed E-state index contributed by atoms with van der Waals surface area (Å²) in [5.74, 6) is -1.19. The van der Waals surface area contributed by atoms with Gasteiger partial charge in [-0.1, -0.05) is 11.3 Å². The zero-order valence-electron chi connectivity index (χ0n) is 15.9. The van der Waals surface area contributed by atoms with E-state index in [1.807, 2.05) is 4.90 Å². The van der Waals surface area contributed by atoms with Crippen molar-refractivity contribution in [1.82, 2.24) is 15.8 Å². The minimum atomic E-state index is -0.679. The second-order valence-corrected chi connectivity index (χ2v) is 7.13. The maximum atomic E-state index is 12.5. The minimum Gasteiger partial charge on any atom is -0.387 e. The van der Waals surface area contributed by atoms with Crippen LogP contribution in [0.4, 0.5) is 16.5 Å². The fourth-order valence-corrected chi connectivity index (χ4v) is 3.79. The number of nitrogens with zero attached hydrogens (tertiary/aromatic N) is 3. The Hall–Kier alpha value is -3.25. The number of nitrogens with one attached hydrogen (secondary N) is 3. The van der Waals surface area contributed by atoms with Crippen LogP contribution >= 0.6 is 11.3 Å². The quantitative estimate of drug-likeness (QED) is 0.486. The smallest absolute Gasteiger partial charge is 0.281 e. The summed E-state index contributed by atoms with van der Waals surface area (Å²) in [6, 6.07) is 3.85. The van der Waals surface area contributed by atoms with E-state index in [0.29, 0.717) is 42.6 Å². The van der Waals surface area contributed by atoms with Crippen molar-refractivity contribution < 1.29 is 19.2 Å². The molecule has 29 heavy (non-hydrogen) atoms. The molecule has 2 amide bonds. The van der Waals surface area contributed by atoms with E-state index in [2.05, 4.69) is 21.2 Å². The van der Waals surface area contributed by atoms with E-state index in [9.17, 15) is 19.7 Å². The van der Waals surface area contributed by atoms with Crippen LogP contribution in [-0.4, -0.2) is 55.1 Å². The average Bonchev–Trinajstić information content (AvgIpc) is 3.13. The Balaban J connectivity index is 1.69. The van der Waals surface area contributed by atoms with Crippen molar-refractivity contribution in [1.29, 1.82) is 0 Å². The highest BCUT2D eigenvalue weighted by Crippen LogP contribution is 2.26. The largest absolute Gasteiger partial charge is 0.387 e. The van der Waals surface area contributed by atoms with Crippen LogP contribution in [0.1, 0.15) is 25.7 Å². The average molecular weight is 420 g/mol. The van der Waals surface area contributed by atoms with Crippen molar-refractivity contribution in [2.45, 2.75) is 6.92 Å². The highest BCUT2D eigenvalue weighted by Gasteiger charge is 2.22. The van der Waals surface area contributed by atoms with E-state index in [0.717, 1.165) is 11.2 Å². The maximum absolute atomic E-state index is 12.5. The van der Waals surface area contributed by atoms with Crippen molar-refractivity contribution in [3.63, 3.8) is 0 Å². The van der Waals surface area contributed by atoms with E-state index < -0.39 is 16.7 Å². The van der Waals surface area contributed by atoms with Crippen LogP contribution in [0.15, 0.2) is 18.2 Å². The second-order valence-electron chi connectivity index (χ2n) is 6.16. The summed E-state index contributed by atoms with van der Waals surface area (Å²) >= 11 is 1.23. The number of thiazole rings is 1. The first kappa shape index (κ1) is 20.5. The summed E-state index contributed by atoms with van der Waals surface area (Å²) < 4.78 is 5.32. The summed E-state index contributed by atoms with van der Waals surface area (Å²) in [6.45, 7) is 4.33. The highest BCUT2D eigenvalue weighted by molar-refractivity contribution is 7.17. The summed E-state index contributed by atoms with van der Waals surface area (Å²) in [6.07, 6.45) is 0. The number of nitro benzene ring substituents is 1. The summed E-state index contributed by atoms with van der Waals surface area (Å²) in [4.78, 5) is 42.2. The predicted molar refractivity (Wildman–Crippen MR) is 107 cm³/mol. The third kappa shape index (κ3) is 4.60. The summed E-state index contributed by atoms with van der Waals surface area (Å²) in [5.41, 5.74) is 5.40. The number of carbonyl (C=O) groups excluding carboxylic acids is 2. The predicted octanol–water partition coefficient (Wildman–Crippen LogP) is 1.31. The number of amides is 2. The molecule has 1 aromatic heterocycles. The fourth-order valence-electron chi connectivity index (χ4n) is 2.77. The van der Waals surface area contributed by atoms with Crippen molar-refractivity contribution in [2.75, 3.05) is 43.6 Å². The van der Waals surface area contributed by atoms with Gasteiger partial charge < -0.3 is 15.0 Å². The van der Waals surface area contributed by atoms with Crippen LogP contribution in [-0.2, 0) is 4.74 Å². The van der Waals surface area contributed by atoms with Gasteiger partial charge >= 0.3 is 0 Å². The van der Waals surface area contributed by atoms with Gasteiger partial charge in [-0.3, -0.25) is 30.6 Å². The number of morpholine rings is 1. The molecule has 0 bridgehead atoms. The molecular weight excluding hydrogens is 400 g/mol. The Bertz CT molecular complexity index is 940. The van der Waals surface area contributed by atoms with Gasteiger partial charge in [0.25, 0.3) is 17.5 Å². The summed E-state index contributed by atoms with van der Waals surface area (Å²) in [5, 5.41) is 14.5. The Labute approximate surface area is 170 Å². The number of aromatic nitrogens is 1. The van der Waals surface area contributed by atoms with E-state index in [1.165, 1.54) is 23.5 Å². The SMILES string of the molecule is CNc1ccc([N+](=O)[O-])cc1C(=O)NNC(=O)c1sc(N2CCOCC2)nc1C. The lowest BCUT2D eigenvalue weighted by molar-refractivity contribution is -0.384. The minimum absolute atomic E-state index is 0.0389. The molecule has 11 nitrogen and oxygen atoms in total. The van der Waals surface area contributed by atoms with Crippen LogP contribution in [0, 0.1) is 17.0 Å². The van der Waals surface area contributed by atoms with Crippen LogP contribution < -0.4 is 21.1 Å². The number of nitro groups is 1. The Morgan fingerprint density at radius 1 is 1.24 bits per heavy atom. The molecule has 0 unspecified atom stereocenters. The lowest BCUT2D eigenvalue weighted by atomic mass is 10.1. The van der Waals surface area contributed by atoms with Gasteiger partial charge in [0.05, 0.1) is 29.4 Å². The van der Waals surface area contributed by atoms with Crippen LogP contribution in [0.2, 0.25) is 0 Å². The third-order valence-corrected chi connectivity index (χ3v) is 5.51. The van der Waals surface area contributed by atoms with Gasteiger partial charge in [0.15, 0.2) is 5.13 Å². The van der Waals surface area contributed by atoms with Gasteiger partial charge in [0.1, 0.15) is 4.88 Å². The Morgan fingerprint density at radius 3 is 2.59 bits per heavy atom. The summed E-state index contributed by atoms with van der Waals surface area (Å²) in [7, 11) is 1.59. The van der Waals surface area contributed by atoms with Crippen LogP contribution in [0.5, 0.6) is 0 Å². The second kappa shape index (κ2) is 8.84. The van der Waals surface area contributed by atoms with Crippen molar-refractivity contribution in [3.8, 4) is 0 Å². The van der Waals surface area contributed by atoms with Gasteiger partial charge in [0.2, 0.25) is 0 Å². The Kier molecular flexibility index (Phi) is 6.24. The first-order valence-corrected chi connectivity index (χ1v) is 9.59. The molecule has 3 N–H and O–H groups in total. The maximum Gasteiger partial charge on any atom is 0.281 e. The molecule has 0 atom stereocenters. The van der Waals surface area contributed by atoms with Gasteiger partial charge in [-0.2, -0.15) is 0 Å². The lowest BCUT2D eigenvalue weighted by Crippen LogP contribution is -2.41. The molecular formula is C17H20N6O5S. The topological polar surface area (TPSA) is 139 Å².